The van der Waals surface area contributed by atoms with E-state index in [1.54, 1.807) is 0 Å². The maximum absolute atomic E-state index is 11.6. The highest BCUT2D eigenvalue weighted by Gasteiger charge is 2.28. The molecule has 1 aromatic heterocycles. The molecule has 0 radical (unpaired) electrons. The lowest BCUT2D eigenvalue weighted by Gasteiger charge is -2.06. The molecule has 1 rings (SSSR count). The van der Waals surface area contributed by atoms with E-state index < -0.39 is 18.8 Å². The first-order chi connectivity index (χ1) is 5.97. The summed E-state index contributed by atoms with van der Waals surface area (Å²) in [6.07, 6.45) is -2.53. The average Bonchev–Trinajstić information content (AvgIpc) is 2.02. The molecule has 1 aromatic rings. The van der Waals surface area contributed by atoms with Crippen molar-refractivity contribution in [2.75, 3.05) is 6.61 Å². The predicted octanol–water partition coefficient (Wildman–Crippen LogP) is 1.12. The third kappa shape index (κ3) is 3.59. The second-order valence-electron chi connectivity index (χ2n) is 2.13. The second-order valence-corrected chi connectivity index (χ2v) is 2.13. The van der Waals surface area contributed by atoms with Crippen molar-refractivity contribution in [3.8, 4) is 11.8 Å². The smallest absolute Gasteiger partial charge is 0.422 e. The van der Waals surface area contributed by atoms with E-state index in [2.05, 4.69) is 14.7 Å². The van der Waals surface area contributed by atoms with Gasteiger partial charge < -0.3 is 9.84 Å². The highest BCUT2D eigenvalue weighted by molar-refractivity contribution is 5.11. The summed E-state index contributed by atoms with van der Waals surface area (Å²) in [5, 5.41) is 8.68. The quantitative estimate of drug-likeness (QED) is 0.766. The highest BCUT2D eigenvalue weighted by Crippen LogP contribution is 2.16. The van der Waals surface area contributed by atoms with Gasteiger partial charge in [-0.05, 0) is 0 Å². The lowest BCUT2D eigenvalue weighted by molar-refractivity contribution is -0.154. The van der Waals surface area contributed by atoms with Gasteiger partial charge in [0.1, 0.15) is 0 Å². The fourth-order valence-corrected chi connectivity index (χ4v) is 0.530. The van der Waals surface area contributed by atoms with Crippen LogP contribution in [0.3, 0.4) is 0 Å². The van der Waals surface area contributed by atoms with Crippen LogP contribution in [0, 0.1) is 0 Å². The van der Waals surface area contributed by atoms with Gasteiger partial charge in [-0.25, -0.2) is 0 Å². The number of ether oxygens (including phenoxy) is 1. The van der Waals surface area contributed by atoms with Gasteiger partial charge in [0.2, 0.25) is 0 Å². The molecule has 0 bridgehead atoms. The van der Waals surface area contributed by atoms with E-state index >= 15 is 0 Å². The summed E-state index contributed by atoms with van der Waals surface area (Å²) in [5.74, 6) is -0.237. The number of aromatic hydroxyl groups is 1. The summed E-state index contributed by atoms with van der Waals surface area (Å²) in [5.41, 5.74) is 0. The van der Waals surface area contributed by atoms with E-state index in [4.69, 9.17) is 5.11 Å². The Kier molecular flexibility index (Phi) is 2.54. The molecule has 0 fully saturated rings. The Morgan fingerprint density at radius 1 is 1.31 bits per heavy atom. The minimum atomic E-state index is -4.42. The van der Waals surface area contributed by atoms with Crippen molar-refractivity contribution in [2.24, 2.45) is 0 Å². The van der Waals surface area contributed by atoms with Gasteiger partial charge in [-0.15, -0.1) is 0 Å². The molecule has 0 atom stereocenters. The van der Waals surface area contributed by atoms with Crippen LogP contribution in [0.15, 0.2) is 12.4 Å². The Bertz CT molecular complexity index is 272. The van der Waals surface area contributed by atoms with Crippen LogP contribution < -0.4 is 4.74 Å². The van der Waals surface area contributed by atoms with Crippen molar-refractivity contribution in [2.45, 2.75) is 6.18 Å². The van der Waals surface area contributed by atoms with Crippen LogP contribution in [-0.4, -0.2) is 27.9 Å². The number of halogens is 3. The molecule has 0 aliphatic heterocycles. The van der Waals surface area contributed by atoms with Crippen molar-refractivity contribution in [1.82, 2.24) is 9.97 Å². The van der Waals surface area contributed by atoms with E-state index in [-0.39, 0.29) is 5.75 Å². The lowest BCUT2D eigenvalue weighted by Crippen LogP contribution is -2.20. The molecule has 7 heteroatoms. The minimum Gasteiger partial charge on any atom is -0.505 e. The molecule has 0 unspecified atom stereocenters. The van der Waals surface area contributed by atoms with E-state index in [9.17, 15) is 13.2 Å². The number of aromatic nitrogens is 2. The molecule has 0 amide bonds. The van der Waals surface area contributed by atoms with Crippen molar-refractivity contribution in [3.05, 3.63) is 12.4 Å². The maximum Gasteiger partial charge on any atom is 0.422 e. The molecule has 0 aromatic carbocycles. The number of hydrogen-bond donors (Lipinski definition) is 1. The molecular formula is C6H5F3N2O2. The summed E-state index contributed by atoms with van der Waals surface area (Å²) in [6.45, 7) is -1.45. The Balaban J connectivity index is 2.51. The molecular weight excluding hydrogens is 189 g/mol. The van der Waals surface area contributed by atoms with Crippen LogP contribution >= 0.6 is 0 Å². The highest BCUT2D eigenvalue weighted by atomic mass is 19.4. The third-order valence-corrected chi connectivity index (χ3v) is 0.979. The van der Waals surface area contributed by atoms with Crippen molar-refractivity contribution in [1.29, 1.82) is 0 Å². The van der Waals surface area contributed by atoms with Crippen LogP contribution in [-0.2, 0) is 0 Å². The zero-order valence-electron chi connectivity index (χ0n) is 6.25. The monoisotopic (exact) mass is 194 g/mol. The molecule has 4 nitrogen and oxygen atoms in total. The molecule has 0 saturated carbocycles. The summed E-state index contributed by atoms with van der Waals surface area (Å²) in [7, 11) is 0. The maximum atomic E-state index is 11.6. The first kappa shape index (κ1) is 9.56. The largest absolute Gasteiger partial charge is 0.505 e. The second kappa shape index (κ2) is 3.46. The van der Waals surface area contributed by atoms with E-state index in [0.717, 1.165) is 12.4 Å². The third-order valence-electron chi connectivity index (χ3n) is 0.979. The predicted molar refractivity (Wildman–Crippen MR) is 35.2 cm³/mol. The Morgan fingerprint density at radius 3 is 2.31 bits per heavy atom. The summed E-state index contributed by atoms with van der Waals surface area (Å²) in [6, 6.07) is -0.421. The zero-order valence-corrected chi connectivity index (χ0v) is 6.25. The van der Waals surface area contributed by atoms with Gasteiger partial charge in [-0.2, -0.15) is 23.1 Å². The van der Waals surface area contributed by atoms with Gasteiger partial charge in [0.05, 0.1) is 12.4 Å². The number of rotatable bonds is 2. The van der Waals surface area contributed by atoms with Gasteiger partial charge in [0.25, 0.3) is 0 Å². The molecule has 1 heterocycles. The number of alkyl halides is 3. The summed E-state index contributed by atoms with van der Waals surface area (Å²) < 4.78 is 38.9. The standard InChI is InChI=1S/C6H5F3N2O2/c7-6(8,9)3-13-5-10-1-4(12)2-11-5/h1-2,12H,3H2. The Hall–Kier alpha value is -1.53. The molecule has 0 aliphatic rings. The molecule has 0 saturated heterocycles. The van der Waals surface area contributed by atoms with Gasteiger partial charge >= 0.3 is 12.2 Å². The Labute approximate surface area is 71.0 Å². The molecule has 0 aliphatic carbocycles. The normalized spacial score (nSPS) is 11.3. The van der Waals surface area contributed by atoms with Gasteiger partial charge in [-0.3, -0.25) is 0 Å². The fourth-order valence-electron chi connectivity index (χ4n) is 0.530. The van der Waals surface area contributed by atoms with Crippen molar-refractivity contribution < 1.29 is 23.0 Å². The fraction of sp³-hybridized carbons (Fsp3) is 0.333. The van der Waals surface area contributed by atoms with Crippen LogP contribution in [0.5, 0.6) is 11.8 Å². The van der Waals surface area contributed by atoms with E-state index in [1.807, 2.05) is 0 Å². The Morgan fingerprint density at radius 2 is 1.85 bits per heavy atom. The average molecular weight is 194 g/mol. The zero-order chi connectivity index (χ0) is 9.90. The van der Waals surface area contributed by atoms with Crippen LogP contribution in [0.2, 0.25) is 0 Å². The topological polar surface area (TPSA) is 55.2 Å². The molecule has 13 heavy (non-hydrogen) atoms. The first-order valence-corrected chi connectivity index (χ1v) is 3.18. The van der Waals surface area contributed by atoms with E-state index in [0.29, 0.717) is 0 Å². The minimum absolute atomic E-state index is 0.237. The van der Waals surface area contributed by atoms with Crippen LogP contribution in [0.25, 0.3) is 0 Å². The van der Waals surface area contributed by atoms with Crippen molar-refractivity contribution >= 4 is 0 Å². The van der Waals surface area contributed by atoms with Crippen LogP contribution in [0.1, 0.15) is 0 Å². The summed E-state index contributed by atoms with van der Waals surface area (Å²) >= 11 is 0. The van der Waals surface area contributed by atoms with Gasteiger partial charge in [-0.1, -0.05) is 0 Å². The SMILES string of the molecule is Oc1cnc(OCC(F)(F)F)nc1. The van der Waals surface area contributed by atoms with Gasteiger partial charge in [0, 0.05) is 0 Å². The van der Waals surface area contributed by atoms with E-state index in [1.165, 1.54) is 0 Å². The summed E-state index contributed by atoms with van der Waals surface area (Å²) in [4.78, 5) is 6.60. The first-order valence-electron chi connectivity index (χ1n) is 3.18. The molecule has 1 N–H and O–H groups in total. The van der Waals surface area contributed by atoms with Crippen LogP contribution in [0.4, 0.5) is 13.2 Å². The molecule has 0 spiro atoms. The van der Waals surface area contributed by atoms with Crippen molar-refractivity contribution in [3.63, 3.8) is 0 Å². The van der Waals surface area contributed by atoms with Gasteiger partial charge in [0.15, 0.2) is 12.4 Å². The number of nitrogens with zero attached hydrogens (tertiary/aromatic N) is 2. The molecule has 72 valence electrons. The number of hydrogen-bond acceptors (Lipinski definition) is 4. The lowest BCUT2D eigenvalue weighted by atomic mass is 10.6.